The molecule has 0 aliphatic carbocycles. The van der Waals surface area contributed by atoms with Crippen LogP contribution < -0.4 is 5.73 Å². The zero-order chi connectivity index (χ0) is 11.4. The van der Waals surface area contributed by atoms with E-state index in [0.29, 0.717) is 11.3 Å². The van der Waals surface area contributed by atoms with E-state index in [0.717, 1.165) is 6.07 Å². The molecule has 5 heteroatoms. The Morgan fingerprint density at radius 1 is 1.47 bits per heavy atom. The highest BCUT2D eigenvalue weighted by molar-refractivity contribution is 5.22. The van der Waals surface area contributed by atoms with Gasteiger partial charge in [-0.15, -0.1) is 0 Å². The highest BCUT2D eigenvalue weighted by Gasteiger charge is 2.19. The van der Waals surface area contributed by atoms with Crippen LogP contribution >= 0.6 is 0 Å². The summed E-state index contributed by atoms with van der Waals surface area (Å²) >= 11 is 0. The highest BCUT2D eigenvalue weighted by Crippen LogP contribution is 2.21. The minimum absolute atomic E-state index is 0.284. The van der Waals surface area contributed by atoms with E-state index in [-0.39, 0.29) is 13.0 Å². The standard InChI is InChI=1S/C10H15FN2O2/c1-6-7(2-3-9(11)13-6)10(15)8(14)4-5-12/h2-3,8,10,14-15H,4-5,12H2,1H3. The summed E-state index contributed by atoms with van der Waals surface area (Å²) < 4.78 is 12.7. The Kier molecular flexibility index (Phi) is 4.14. The Balaban J connectivity index is 2.86. The normalized spacial score (nSPS) is 15.0. The van der Waals surface area contributed by atoms with Gasteiger partial charge in [-0.1, -0.05) is 0 Å². The average molecular weight is 214 g/mol. The van der Waals surface area contributed by atoms with Crippen LogP contribution in [0.5, 0.6) is 0 Å². The topological polar surface area (TPSA) is 79.4 Å². The fourth-order valence-corrected chi connectivity index (χ4v) is 1.39. The van der Waals surface area contributed by atoms with Crippen LogP contribution in [0.25, 0.3) is 0 Å². The summed E-state index contributed by atoms with van der Waals surface area (Å²) in [5.41, 5.74) is 6.06. The van der Waals surface area contributed by atoms with Gasteiger partial charge in [-0.2, -0.15) is 4.39 Å². The lowest BCUT2D eigenvalue weighted by molar-refractivity contribution is 0.0143. The van der Waals surface area contributed by atoms with Crippen LogP contribution in [0.4, 0.5) is 4.39 Å². The fraction of sp³-hybridized carbons (Fsp3) is 0.500. The summed E-state index contributed by atoms with van der Waals surface area (Å²) in [6.07, 6.45) is -1.72. The molecule has 15 heavy (non-hydrogen) atoms. The van der Waals surface area contributed by atoms with E-state index in [9.17, 15) is 14.6 Å². The molecule has 0 saturated carbocycles. The van der Waals surface area contributed by atoms with Crippen LogP contribution in [-0.4, -0.2) is 27.8 Å². The molecule has 0 aliphatic heterocycles. The number of nitrogens with two attached hydrogens (primary N) is 1. The van der Waals surface area contributed by atoms with E-state index >= 15 is 0 Å². The number of halogens is 1. The molecule has 0 amide bonds. The van der Waals surface area contributed by atoms with Gasteiger partial charge in [0.15, 0.2) is 0 Å². The molecule has 2 unspecified atom stereocenters. The Bertz CT molecular complexity index is 333. The van der Waals surface area contributed by atoms with Crippen molar-refractivity contribution < 1.29 is 14.6 Å². The van der Waals surface area contributed by atoms with E-state index in [1.807, 2.05) is 0 Å². The van der Waals surface area contributed by atoms with Crippen molar-refractivity contribution in [3.8, 4) is 0 Å². The zero-order valence-corrected chi connectivity index (χ0v) is 8.52. The highest BCUT2D eigenvalue weighted by atomic mass is 19.1. The van der Waals surface area contributed by atoms with Crippen LogP contribution in [0.15, 0.2) is 12.1 Å². The summed E-state index contributed by atoms with van der Waals surface area (Å²) in [6, 6.07) is 2.57. The first-order valence-electron chi connectivity index (χ1n) is 4.75. The summed E-state index contributed by atoms with van der Waals surface area (Å²) in [5.74, 6) is -0.600. The number of nitrogens with zero attached hydrogens (tertiary/aromatic N) is 1. The molecule has 0 radical (unpaired) electrons. The van der Waals surface area contributed by atoms with E-state index < -0.39 is 18.2 Å². The third-order valence-corrected chi connectivity index (χ3v) is 2.24. The molecule has 0 spiro atoms. The number of aromatic nitrogens is 1. The molecule has 2 atom stereocenters. The second-order valence-corrected chi connectivity index (χ2v) is 3.40. The van der Waals surface area contributed by atoms with Gasteiger partial charge in [0, 0.05) is 11.3 Å². The minimum atomic E-state index is -1.07. The Hall–Kier alpha value is -1.04. The molecule has 0 fully saturated rings. The van der Waals surface area contributed by atoms with Crippen molar-refractivity contribution in [1.29, 1.82) is 0 Å². The molecule has 0 aliphatic rings. The van der Waals surface area contributed by atoms with E-state index in [1.165, 1.54) is 6.07 Å². The van der Waals surface area contributed by atoms with Crippen LogP contribution in [0.1, 0.15) is 23.8 Å². The molecule has 1 heterocycles. The van der Waals surface area contributed by atoms with E-state index in [2.05, 4.69) is 4.98 Å². The fourth-order valence-electron chi connectivity index (χ4n) is 1.39. The lowest BCUT2D eigenvalue weighted by atomic mass is 10.0. The van der Waals surface area contributed by atoms with Crippen LogP contribution in [-0.2, 0) is 0 Å². The smallest absolute Gasteiger partial charge is 0.213 e. The Morgan fingerprint density at radius 2 is 2.13 bits per heavy atom. The lowest BCUT2D eigenvalue weighted by Crippen LogP contribution is -2.22. The van der Waals surface area contributed by atoms with Gasteiger partial charge in [0.1, 0.15) is 6.10 Å². The number of hydrogen-bond acceptors (Lipinski definition) is 4. The zero-order valence-electron chi connectivity index (χ0n) is 8.52. The Morgan fingerprint density at radius 3 is 2.67 bits per heavy atom. The predicted octanol–water partition coefficient (Wildman–Crippen LogP) is 0.272. The van der Waals surface area contributed by atoms with E-state index in [4.69, 9.17) is 5.73 Å². The quantitative estimate of drug-likeness (QED) is 0.629. The number of rotatable bonds is 4. The SMILES string of the molecule is Cc1nc(F)ccc1C(O)C(O)CCN. The summed E-state index contributed by atoms with van der Waals surface area (Å²) in [4.78, 5) is 3.57. The molecule has 1 rings (SSSR count). The first kappa shape index (κ1) is 12.0. The summed E-state index contributed by atoms with van der Waals surface area (Å²) in [7, 11) is 0. The van der Waals surface area contributed by atoms with Gasteiger partial charge in [0.05, 0.1) is 6.10 Å². The first-order valence-corrected chi connectivity index (χ1v) is 4.75. The molecule has 0 aromatic carbocycles. The molecular weight excluding hydrogens is 199 g/mol. The number of hydrogen-bond donors (Lipinski definition) is 3. The monoisotopic (exact) mass is 214 g/mol. The summed E-state index contributed by atoms with van der Waals surface area (Å²) in [5, 5.41) is 19.2. The van der Waals surface area contributed by atoms with Gasteiger partial charge in [0.25, 0.3) is 0 Å². The third kappa shape index (κ3) is 2.95. The largest absolute Gasteiger partial charge is 0.390 e. The van der Waals surface area contributed by atoms with Crippen LogP contribution in [0, 0.1) is 12.9 Å². The summed E-state index contributed by atoms with van der Waals surface area (Å²) in [6.45, 7) is 1.86. The van der Waals surface area contributed by atoms with Crippen molar-refractivity contribution in [2.75, 3.05) is 6.54 Å². The third-order valence-electron chi connectivity index (χ3n) is 2.24. The molecule has 1 aromatic rings. The lowest BCUT2D eigenvalue weighted by Gasteiger charge is -2.18. The van der Waals surface area contributed by atoms with Gasteiger partial charge >= 0.3 is 0 Å². The second kappa shape index (κ2) is 5.16. The van der Waals surface area contributed by atoms with E-state index in [1.54, 1.807) is 6.92 Å². The van der Waals surface area contributed by atoms with Crippen molar-refractivity contribution in [3.63, 3.8) is 0 Å². The van der Waals surface area contributed by atoms with Gasteiger partial charge in [-0.25, -0.2) is 4.98 Å². The van der Waals surface area contributed by atoms with Crippen molar-refractivity contribution in [2.45, 2.75) is 25.6 Å². The van der Waals surface area contributed by atoms with Crippen molar-refractivity contribution in [1.82, 2.24) is 4.98 Å². The molecule has 1 aromatic heterocycles. The molecular formula is C10H15FN2O2. The number of aliphatic hydroxyl groups is 2. The molecule has 4 nitrogen and oxygen atoms in total. The number of aryl methyl sites for hydroxylation is 1. The van der Waals surface area contributed by atoms with Gasteiger partial charge in [-0.3, -0.25) is 0 Å². The molecule has 84 valence electrons. The van der Waals surface area contributed by atoms with Gasteiger partial charge in [0.2, 0.25) is 5.95 Å². The minimum Gasteiger partial charge on any atom is -0.390 e. The van der Waals surface area contributed by atoms with Gasteiger partial charge in [-0.05, 0) is 32.0 Å². The average Bonchev–Trinajstić information content (AvgIpc) is 2.17. The van der Waals surface area contributed by atoms with Crippen molar-refractivity contribution >= 4 is 0 Å². The molecule has 0 bridgehead atoms. The first-order chi connectivity index (χ1) is 7.06. The van der Waals surface area contributed by atoms with Crippen molar-refractivity contribution in [2.24, 2.45) is 5.73 Å². The maximum absolute atomic E-state index is 12.7. The number of aliphatic hydroxyl groups excluding tert-OH is 2. The van der Waals surface area contributed by atoms with Crippen LogP contribution in [0.3, 0.4) is 0 Å². The molecule has 0 saturated heterocycles. The van der Waals surface area contributed by atoms with Crippen molar-refractivity contribution in [3.05, 3.63) is 29.3 Å². The maximum Gasteiger partial charge on any atom is 0.213 e. The molecule has 4 N–H and O–H groups in total. The predicted molar refractivity (Wildman–Crippen MR) is 53.6 cm³/mol. The van der Waals surface area contributed by atoms with Gasteiger partial charge < -0.3 is 15.9 Å². The second-order valence-electron chi connectivity index (χ2n) is 3.40. The Labute approximate surface area is 87.6 Å². The number of pyridine rings is 1. The maximum atomic E-state index is 12.7. The van der Waals surface area contributed by atoms with Crippen LogP contribution in [0.2, 0.25) is 0 Å².